The average molecular weight is 444 g/mol. The van der Waals surface area contributed by atoms with Gasteiger partial charge in [0.1, 0.15) is 0 Å². The fourth-order valence-corrected chi connectivity index (χ4v) is 4.16. The van der Waals surface area contributed by atoms with Crippen molar-refractivity contribution in [1.82, 2.24) is 4.57 Å². The van der Waals surface area contributed by atoms with Crippen LogP contribution in [0.3, 0.4) is 0 Å². The van der Waals surface area contributed by atoms with Crippen LogP contribution in [0.1, 0.15) is 5.56 Å². The molecular weight excluding hydrogens is 428 g/mol. The fourth-order valence-electron chi connectivity index (χ4n) is 3.30. The van der Waals surface area contributed by atoms with Crippen molar-refractivity contribution in [1.29, 1.82) is 0 Å². The first-order valence-electron chi connectivity index (χ1n) is 9.66. The first-order chi connectivity index (χ1) is 15.7. The fraction of sp³-hybridized carbons (Fsp3) is 0.0435. The maximum absolute atomic E-state index is 11.0. The Morgan fingerprint density at radius 1 is 1.00 bits per heavy atom. The molecule has 4 aromatic rings. The number of para-hydroxylation sites is 1. The number of fused-ring (bicyclic) bond motifs is 1. The lowest BCUT2D eigenvalue weighted by molar-refractivity contribution is -0.384. The Labute approximate surface area is 186 Å². The minimum Gasteiger partial charge on any atom is -0.454 e. The predicted molar refractivity (Wildman–Crippen MR) is 121 cm³/mol. The van der Waals surface area contributed by atoms with Crippen molar-refractivity contribution in [3.05, 3.63) is 98.7 Å². The van der Waals surface area contributed by atoms with Gasteiger partial charge in [0, 0.05) is 23.2 Å². The van der Waals surface area contributed by atoms with Gasteiger partial charge in [-0.3, -0.25) is 14.7 Å². The van der Waals surface area contributed by atoms with E-state index in [0.29, 0.717) is 16.3 Å². The molecule has 0 unspecified atom stereocenters. The summed E-state index contributed by atoms with van der Waals surface area (Å²) < 4.78 is 12.7. The summed E-state index contributed by atoms with van der Waals surface area (Å²) in [6.07, 6.45) is 1.66. The van der Waals surface area contributed by atoms with Crippen molar-refractivity contribution in [3.63, 3.8) is 0 Å². The molecule has 158 valence electrons. The van der Waals surface area contributed by atoms with Crippen molar-refractivity contribution in [3.8, 4) is 28.4 Å². The molecule has 0 radical (unpaired) electrons. The van der Waals surface area contributed by atoms with Gasteiger partial charge in [-0.2, -0.15) is 5.10 Å². The van der Waals surface area contributed by atoms with Gasteiger partial charge in [0.25, 0.3) is 5.69 Å². The third-order valence-electron chi connectivity index (χ3n) is 4.84. The van der Waals surface area contributed by atoms with E-state index >= 15 is 0 Å². The molecule has 0 fully saturated rings. The van der Waals surface area contributed by atoms with Gasteiger partial charge in [-0.05, 0) is 53.6 Å². The number of aromatic nitrogens is 1. The number of nitrogens with zero attached hydrogens (tertiary/aromatic N) is 4. The highest BCUT2D eigenvalue weighted by atomic mass is 32.1. The van der Waals surface area contributed by atoms with Crippen molar-refractivity contribution in [2.24, 2.45) is 10.2 Å². The number of benzene rings is 3. The van der Waals surface area contributed by atoms with Crippen LogP contribution in [-0.4, -0.2) is 22.5 Å². The highest BCUT2D eigenvalue weighted by Crippen LogP contribution is 2.32. The SMILES string of the molecule is O=[N+]([O-])c1ccc(-c2csc(=NN=Cc3ccc4c(c3)OCO4)n2-c2ccccc2)cc1. The molecule has 0 saturated carbocycles. The molecule has 0 amide bonds. The number of ether oxygens (including phenoxy) is 2. The van der Waals surface area contributed by atoms with E-state index < -0.39 is 4.92 Å². The summed E-state index contributed by atoms with van der Waals surface area (Å²) in [5.41, 5.74) is 3.52. The van der Waals surface area contributed by atoms with Crippen molar-refractivity contribution in [2.75, 3.05) is 6.79 Å². The van der Waals surface area contributed by atoms with Crippen molar-refractivity contribution in [2.45, 2.75) is 0 Å². The first kappa shape index (κ1) is 19.7. The van der Waals surface area contributed by atoms with Crippen LogP contribution in [0, 0.1) is 10.1 Å². The Bertz CT molecular complexity index is 1380. The molecule has 0 bridgehead atoms. The zero-order valence-electron chi connectivity index (χ0n) is 16.6. The predicted octanol–water partition coefficient (Wildman–Crippen LogP) is 4.78. The molecule has 2 heterocycles. The summed E-state index contributed by atoms with van der Waals surface area (Å²) in [5, 5.41) is 21.7. The smallest absolute Gasteiger partial charge is 0.269 e. The van der Waals surface area contributed by atoms with E-state index in [1.165, 1.54) is 23.5 Å². The van der Waals surface area contributed by atoms with Crippen LogP contribution in [-0.2, 0) is 0 Å². The van der Waals surface area contributed by atoms with Crippen LogP contribution in [0.15, 0.2) is 88.4 Å². The second kappa shape index (κ2) is 8.48. The van der Waals surface area contributed by atoms with E-state index in [1.54, 1.807) is 18.3 Å². The number of nitro benzene ring substituents is 1. The summed E-state index contributed by atoms with van der Waals surface area (Å²) in [5.74, 6) is 1.40. The molecule has 1 aromatic heterocycles. The van der Waals surface area contributed by atoms with E-state index in [9.17, 15) is 10.1 Å². The number of hydrogen-bond donors (Lipinski definition) is 0. The topological polar surface area (TPSA) is 91.2 Å². The maximum Gasteiger partial charge on any atom is 0.269 e. The van der Waals surface area contributed by atoms with Crippen molar-refractivity contribution >= 4 is 23.2 Å². The highest BCUT2D eigenvalue weighted by Gasteiger charge is 2.13. The number of rotatable bonds is 5. The third kappa shape index (κ3) is 3.88. The molecule has 1 aliphatic rings. The van der Waals surface area contributed by atoms with E-state index in [0.717, 1.165) is 22.5 Å². The second-order valence-corrected chi connectivity index (χ2v) is 7.67. The van der Waals surface area contributed by atoms with E-state index in [-0.39, 0.29) is 12.5 Å². The standard InChI is InChI=1S/C23H16N4O4S/c28-27(29)19-9-7-17(8-10-19)20-14-32-23(26(20)18-4-2-1-3-5-18)25-24-13-16-6-11-21-22(12-16)31-15-30-21/h1-14H,15H2. The van der Waals surface area contributed by atoms with Crippen LogP contribution >= 0.6 is 11.3 Å². The summed E-state index contributed by atoms with van der Waals surface area (Å²) in [7, 11) is 0. The third-order valence-corrected chi connectivity index (χ3v) is 5.66. The quantitative estimate of drug-likeness (QED) is 0.252. The van der Waals surface area contributed by atoms with Crippen LogP contribution in [0.4, 0.5) is 5.69 Å². The summed E-state index contributed by atoms with van der Waals surface area (Å²) in [4.78, 5) is 11.3. The number of nitro groups is 1. The first-order valence-corrected chi connectivity index (χ1v) is 10.5. The zero-order chi connectivity index (χ0) is 21.9. The molecule has 5 rings (SSSR count). The largest absolute Gasteiger partial charge is 0.454 e. The van der Waals surface area contributed by atoms with E-state index in [2.05, 4.69) is 10.2 Å². The molecule has 0 atom stereocenters. The van der Waals surface area contributed by atoms with E-state index in [1.807, 2.05) is 58.5 Å². The van der Waals surface area contributed by atoms with Gasteiger partial charge < -0.3 is 9.47 Å². The highest BCUT2D eigenvalue weighted by molar-refractivity contribution is 7.07. The van der Waals surface area contributed by atoms with E-state index in [4.69, 9.17) is 9.47 Å². The van der Waals surface area contributed by atoms with Crippen LogP contribution < -0.4 is 14.3 Å². The molecule has 0 N–H and O–H groups in total. The maximum atomic E-state index is 11.0. The van der Waals surface area contributed by atoms with Gasteiger partial charge in [-0.15, -0.1) is 16.4 Å². The molecule has 3 aromatic carbocycles. The minimum absolute atomic E-state index is 0.0495. The summed E-state index contributed by atoms with van der Waals surface area (Å²) >= 11 is 1.44. The Morgan fingerprint density at radius 2 is 1.78 bits per heavy atom. The molecule has 0 aliphatic carbocycles. The number of thiazole rings is 1. The van der Waals surface area contributed by atoms with Crippen LogP contribution in [0.5, 0.6) is 11.5 Å². The van der Waals surface area contributed by atoms with Gasteiger partial charge in [0.15, 0.2) is 11.5 Å². The molecule has 0 spiro atoms. The van der Waals surface area contributed by atoms with Gasteiger partial charge in [0.2, 0.25) is 11.6 Å². The Morgan fingerprint density at radius 3 is 2.56 bits per heavy atom. The lowest BCUT2D eigenvalue weighted by Gasteiger charge is -2.08. The Kier molecular flexibility index (Phi) is 5.22. The molecule has 1 aliphatic heterocycles. The Hall–Kier alpha value is -4.24. The van der Waals surface area contributed by atoms with Gasteiger partial charge in [0.05, 0.1) is 16.8 Å². The van der Waals surface area contributed by atoms with Gasteiger partial charge >= 0.3 is 0 Å². The molecule has 8 nitrogen and oxygen atoms in total. The summed E-state index contributed by atoms with van der Waals surface area (Å²) in [6.45, 7) is 0.220. The summed E-state index contributed by atoms with van der Waals surface area (Å²) in [6, 6.07) is 21.8. The average Bonchev–Trinajstić information content (AvgIpc) is 3.46. The lowest BCUT2D eigenvalue weighted by atomic mass is 10.1. The zero-order valence-corrected chi connectivity index (χ0v) is 17.4. The Balaban J connectivity index is 1.54. The van der Waals surface area contributed by atoms with Crippen LogP contribution in [0.2, 0.25) is 0 Å². The number of hydrogen-bond acceptors (Lipinski definition) is 7. The molecule has 32 heavy (non-hydrogen) atoms. The van der Waals surface area contributed by atoms with Crippen molar-refractivity contribution < 1.29 is 14.4 Å². The lowest BCUT2D eigenvalue weighted by Crippen LogP contribution is -2.13. The normalized spacial score (nSPS) is 13.1. The second-order valence-electron chi connectivity index (χ2n) is 6.84. The van der Waals surface area contributed by atoms with Gasteiger partial charge in [-0.1, -0.05) is 18.2 Å². The molecule has 9 heteroatoms. The molecular formula is C23H16N4O4S. The minimum atomic E-state index is -0.408. The molecule has 0 saturated heterocycles. The van der Waals surface area contributed by atoms with Crippen LogP contribution in [0.25, 0.3) is 16.9 Å². The number of non-ortho nitro benzene ring substituents is 1. The monoisotopic (exact) mass is 444 g/mol. The van der Waals surface area contributed by atoms with Gasteiger partial charge in [-0.25, -0.2) is 0 Å².